The minimum Gasteiger partial charge on any atom is -0.508 e. The van der Waals surface area contributed by atoms with Crippen LogP contribution in [0.4, 0.5) is 0 Å². The zero-order valence-corrected chi connectivity index (χ0v) is 14.0. The van der Waals surface area contributed by atoms with Crippen molar-refractivity contribution in [1.82, 2.24) is 4.90 Å². The number of carboxylic acids is 1. The number of hydrogen-bond donors (Lipinski definition) is 2. The van der Waals surface area contributed by atoms with Crippen molar-refractivity contribution in [3.8, 4) is 5.75 Å². The van der Waals surface area contributed by atoms with Crippen LogP contribution in [0, 0.1) is 0 Å². The number of phenols is 1. The maximum atomic E-state index is 12.0. The Balaban J connectivity index is 1.76. The molecule has 0 unspecified atom stereocenters. The molecule has 0 aromatic heterocycles. The number of rotatable bonds is 4. The van der Waals surface area contributed by atoms with E-state index in [1.807, 2.05) is 30.3 Å². The first-order valence-electron chi connectivity index (χ1n) is 8.00. The van der Waals surface area contributed by atoms with E-state index in [0.717, 1.165) is 5.56 Å². The highest BCUT2D eigenvalue weighted by atomic mass is 35.5. The van der Waals surface area contributed by atoms with Gasteiger partial charge in [0.15, 0.2) is 0 Å². The summed E-state index contributed by atoms with van der Waals surface area (Å²) < 4.78 is 0. The summed E-state index contributed by atoms with van der Waals surface area (Å²) in [6.45, 7) is 1.81. The van der Waals surface area contributed by atoms with Gasteiger partial charge in [0.25, 0.3) is 0 Å². The Kier molecular flexibility index (Phi) is 4.78. The first-order chi connectivity index (χ1) is 11.5. The van der Waals surface area contributed by atoms with Crippen molar-refractivity contribution < 1.29 is 15.0 Å². The summed E-state index contributed by atoms with van der Waals surface area (Å²) in [5, 5.41) is 20.3. The van der Waals surface area contributed by atoms with Crippen LogP contribution >= 0.6 is 11.6 Å². The van der Waals surface area contributed by atoms with Gasteiger partial charge in [0.2, 0.25) is 0 Å². The third-order valence-electron chi connectivity index (χ3n) is 4.92. The molecule has 0 atom stereocenters. The maximum Gasteiger partial charge on any atom is 0.314 e. The normalized spacial score (nSPS) is 17.5. The van der Waals surface area contributed by atoms with Gasteiger partial charge in [-0.2, -0.15) is 0 Å². The average molecular weight is 346 g/mol. The Morgan fingerprint density at radius 1 is 1.08 bits per heavy atom. The van der Waals surface area contributed by atoms with Crippen molar-refractivity contribution in [1.29, 1.82) is 0 Å². The van der Waals surface area contributed by atoms with Gasteiger partial charge < -0.3 is 10.2 Å². The molecule has 4 nitrogen and oxygen atoms in total. The Bertz CT molecular complexity index is 704. The summed E-state index contributed by atoms with van der Waals surface area (Å²) in [5.41, 5.74) is 0.722. The molecule has 1 aliphatic heterocycles. The van der Waals surface area contributed by atoms with Gasteiger partial charge in [-0.25, -0.2) is 0 Å². The quantitative estimate of drug-likeness (QED) is 0.887. The number of likely N-dealkylation sites (tertiary alicyclic amines) is 1. The number of aromatic hydroxyl groups is 1. The summed E-state index contributed by atoms with van der Waals surface area (Å²) in [5.74, 6) is -0.588. The van der Waals surface area contributed by atoms with Crippen LogP contribution in [0.3, 0.4) is 0 Å². The third-order valence-corrected chi connectivity index (χ3v) is 5.28. The van der Waals surface area contributed by atoms with Crippen LogP contribution in [-0.4, -0.2) is 34.2 Å². The minimum absolute atomic E-state index is 0.181. The molecule has 24 heavy (non-hydrogen) atoms. The summed E-state index contributed by atoms with van der Waals surface area (Å²) in [4.78, 5) is 14.1. The molecule has 0 radical (unpaired) electrons. The number of aliphatic carboxylic acids is 1. The molecular weight excluding hydrogens is 326 g/mol. The van der Waals surface area contributed by atoms with Crippen LogP contribution in [0.5, 0.6) is 5.75 Å². The lowest BCUT2D eigenvalue weighted by Crippen LogP contribution is -2.47. The molecule has 1 aliphatic rings. The summed E-state index contributed by atoms with van der Waals surface area (Å²) in [6, 6.07) is 14.5. The standard InChI is InChI=1S/C19H20ClNO3/c20-16-7-4-8-17(22)15(16)13-21-11-9-19(10-12-21,18(23)24)14-5-2-1-3-6-14/h1-8,22H,9-13H2,(H,23,24). The molecule has 2 N–H and O–H groups in total. The average Bonchev–Trinajstić information content (AvgIpc) is 2.59. The zero-order valence-electron chi connectivity index (χ0n) is 13.3. The largest absolute Gasteiger partial charge is 0.508 e. The second kappa shape index (κ2) is 6.83. The van der Waals surface area contributed by atoms with Crippen molar-refractivity contribution in [2.45, 2.75) is 24.8 Å². The molecular formula is C19H20ClNO3. The highest BCUT2D eigenvalue weighted by molar-refractivity contribution is 6.31. The molecule has 1 heterocycles. The number of piperidine rings is 1. The van der Waals surface area contributed by atoms with E-state index in [4.69, 9.17) is 11.6 Å². The van der Waals surface area contributed by atoms with Gasteiger partial charge in [-0.3, -0.25) is 9.69 Å². The molecule has 2 aromatic carbocycles. The zero-order chi connectivity index (χ0) is 17.2. The van der Waals surface area contributed by atoms with E-state index in [9.17, 15) is 15.0 Å². The van der Waals surface area contributed by atoms with Crippen LogP contribution in [-0.2, 0) is 16.8 Å². The molecule has 126 valence electrons. The number of halogens is 1. The van der Waals surface area contributed by atoms with Gasteiger partial charge in [0.1, 0.15) is 5.75 Å². The van der Waals surface area contributed by atoms with Gasteiger partial charge in [-0.05, 0) is 43.6 Å². The summed E-state index contributed by atoms with van der Waals surface area (Å²) >= 11 is 6.17. The molecule has 0 aliphatic carbocycles. The fourth-order valence-corrected chi connectivity index (χ4v) is 3.63. The van der Waals surface area contributed by atoms with E-state index in [0.29, 0.717) is 43.1 Å². The number of hydrogen-bond acceptors (Lipinski definition) is 3. The van der Waals surface area contributed by atoms with Crippen LogP contribution < -0.4 is 0 Å². The Hall–Kier alpha value is -2.04. The molecule has 0 spiro atoms. The monoisotopic (exact) mass is 345 g/mol. The SMILES string of the molecule is O=C(O)C1(c2ccccc2)CCN(Cc2c(O)cccc2Cl)CC1. The van der Waals surface area contributed by atoms with Crippen LogP contribution in [0.15, 0.2) is 48.5 Å². The fourth-order valence-electron chi connectivity index (χ4n) is 3.40. The summed E-state index contributed by atoms with van der Waals surface area (Å²) in [7, 11) is 0. The highest BCUT2D eigenvalue weighted by Gasteiger charge is 2.43. The molecule has 0 bridgehead atoms. The van der Waals surface area contributed by atoms with Gasteiger partial charge in [-0.1, -0.05) is 48.0 Å². The molecule has 3 rings (SSSR count). The fraction of sp³-hybridized carbons (Fsp3) is 0.316. The Labute approximate surface area is 146 Å². The van der Waals surface area contributed by atoms with Crippen LogP contribution in [0.2, 0.25) is 5.02 Å². The summed E-state index contributed by atoms with van der Waals surface area (Å²) in [6.07, 6.45) is 1.08. The number of nitrogens with zero attached hydrogens (tertiary/aromatic N) is 1. The lowest BCUT2D eigenvalue weighted by molar-refractivity contribution is -0.146. The van der Waals surface area contributed by atoms with E-state index in [2.05, 4.69) is 4.90 Å². The topological polar surface area (TPSA) is 60.8 Å². The van der Waals surface area contributed by atoms with Crippen molar-refractivity contribution >= 4 is 17.6 Å². The van der Waals surface area contributed by atoms with E-state index in [-0.39, 0.29) is 5.75 Å². The first-order valence-corrected chi connectivity index (χ1v) is 8.38. The molecule has 0 saturated carbocycles. The molecule has 0 amide bonds. The number of phenolic OH excluding ortho intramolecular Hbond substituents is 1. The van der Waals surface area contributed by atoms with Gasteiger partial charge in [0, 0.05) is 17.1 Å². The Morgan fingerprint density at radius 3 is 2.33 bits per heavy atom. The molecule has 5 heteroatoms. The molecule has 2 aromatic rings. The van der Waals surface area contributed by atoms with E-state index in [1.54, 1.807) is 18.2 Å². The lowest BCUT2D eigenvalue weighted by Gasteiger charge is -2.39. The Morgan fingerprint density at radius 2 is 1.75 bits per heavy atom. The second-order valence-electron chi connectivity index (χ2n) is 6.27. The number of carboxylic acid groups (broad SMARTS) is 1. The first kappa shape index (κ1) is 16.8. The van der Waals surface area contributed by atoms with Crippen LogP contribution in [0.1, 0.15) is 24.0 Å². The molecule has 1 saturated heterocycles. The third kappa shape index (κ3) is 3.12. The number of benzene rings is 2. The van der Waals surface area contributed by atoms with Crippen molar-refractivity contribution in [3.05, 3.63) is 64.7 Å². The van der Waals surface area contributed by atoms with Crippen molar-refractivity contribution in [2.24, 2.45) is 0 Å². The second-order valence-corrected chi connectivity index (χ2v) is 6.67. The lowest BCUT2D eigenvalue weighted by atomic mass is 9.73. The van der Waals surface area contributed by atoms with E-state index < -0.39 is 11.4 Å². The van der Waals surface area contributed by atoms with Crippen molar-refractivity contribution in [3.63, 3.8) is 0 Å². The maximum absolute atomic E-state index is 12.0. The van der Waals surface area contributed by atoms with Crippen LogP contribution in [0.25, 0.3) is 0 Å². The predicted molar refractivity (Wildman–Crippen MR) is 93.4 cm³/mol. The minimum atomic E-state index is -0.833. The highest BCUT2D eigenvalue weighted by Crippen LogP contribution is 2.37. The van der Waals surface area contributed by atoms with Gasteiger partial charge >= 0.3 is 5.97 Å². The predicted octanol–water partition coefficient (Wildman–Crippen LogP) is 3.66. The van der Waals surface area contributed by atoms with E-state index in [1.165, 1.54) is 0 Å². The van der Waals surface area contributed by atoms with E-state index >= 15 is 0 Å². The van der Waals surface area contributed by atoms with Gasteiger partial charge in [0.05, 0.1) is 5.41 Å². The smallest absolute Gasteiger partial charge is 0.314 e. The van der Waals surface area contributed by atoms with Crippen molar-refractivity contribution in [2.75, 3.05) is 13.1 Å². The molecule has 1 fully saturated rings. The number of carbonyl (C=O) groups is 1. The van der Waals surface area contributed by atoms with Gasteiger partial charge in [-0.15, -0.1) is 0 Å².